The molecule has 0 spiro atoms. The van der Waals surface area contributed by atoms with Gasteiger partial charge in [0.15, 0.2) is 0 Å². The van der Waals surface area contributed by atoms with Crippen LogP contribution >= 0.6 is 0 Å². The lowest BCUT2D eigenvalue weighted by molar-refractivity contribution is -0.131. The highest BCUT2D eigenvalue weighted by molar-refractivity contribution is 5.89. The zero-order valence-electron chi connectivity index (χ0n) is 13.4. The average Bonchev–Trinajstić information content (AvgIpc) is 2.37. The number of carbonyl (C=O) groups is 1. The zero-order valence-corrected chi connectivity index (χ0v) is 13.4. The molecule has 21 heavy (non-hydrogen) atoms. The maximum absolute atomic E-state index is 12.9. The van der Waals surface area contributed by atoms with E-state index in [0.717, 1.165) is 24.8 Å². The lowest BCUT2D eigenvalue weighted by Gasteiger charge is -2.42. The minimum atomic E-state index is -0.353. The third kappa shape index (κ3) is 3.29. The molecule has 3 nitrogen and oxygen atoms in total. The summed E-state index contributed by atoms with van der Waals surface area (Å²) >= 11 is 0. The van der Waals surface area contributed by atoms with Crippen molar-refractivity contribution in [3.63, 3.8) is 0 Å². The van der Waals surface area contributed by atoms with Gasteiger partial charge in [0.25, 0.3) is 0 Å². The van der Waals surface area contributed by atoms with Crippen LogP contribution in [0.4, 0.5) is 0 Å². The summed E-state index contributed by atoms with van der Waals surface area (Å²) in [7, 11) is 0. The Morgan fingerprint density at radius 1 is 1.38 bits per heavy atom. The molecule has 1 fully saturated rings. The van der Waals surface area contributed by atoms with Gasteiger partial charge in [0.1, 0.15) is 0 Å². The summed E-state index contributed by atoms with van der Waals surface area (Å²) in [5, 5.41) is 12.4. The second-order valence-corrected chi connectivity index (χ2v) is 6.64. The molecule has 1 unspecified atom stereocenters. The normalized spacial score (nSPS) is 18.1. The van der Waals surface area contributed by atoms with Crippen LogP contribution in [0.5, 0.6) is 0 Å². The molecule has 0 bridgehead atoms. The van der Waals surface area contributed by atoms with Crippen molar-refractivity contribution < 1.29 is 9.90 Å². The Hall–Kier alpha value is -1.35. The third-order valence-electron chi connectivity index (χ3n) is 4.77. The van der Waals surface area contributed by atoms with Crippen molar-refractivity contribution in [3.8, 4) is 0 Å². The van der Waals surface area contributed by atoms with E-state index in [1.165, 1.54) is 5.56 Å². The van der Waals surface area contributed by atoms with Crippen LogP contribution in [0.25, 0.3) is 0 Å². The molecule has 2 N–H and O–H groups in total. The Balaban J connectivity index is 2.18. The van der Waals surface area contributed by atoms with E-state index in [1.807, 2.05) is 6.07 Å². The smallest absolute Gasteiger partial charge is 0.230 e. The summed E-state index contributed by atoms with van der Waals surface area (Å²) in [5.74, 6) is 0.460. The molecular weight excluding hydrogens is 262 g/mol. The molecule has 1 aromatic rings. The molecule has 1 amide bonds. The van der Waals surface area contributed by atoms with Crippen molar-refractivity contribution in [2.75, 3.05) is 6.61 Å². The Morgan fingerprint density at radius 2 is 2.10 bits per heavy atom. The fourth-order valence-electron chi connectivity index (χ4n) is 3.14. The van der Waals surface area contributed by atoms with E-state index in [2.05, 4.69) is 44.3 Å². The van der Waals surface area contributed by atoms with Gasteiger partial charge in [0, 0.05) is 12.6 Å². The predicted molar refractivity (Wildman–Crippen MR) is 85.2 cm³/mol. The number of hydrogen-bond donors (Lipinski definition) is 2. The van der Waals surface area contributed by atoms with Crippen LogP contribution in [-0.4, -0.2) is 23.7 Å². The maximum atomic E-state index is 12.9. The van der Waals surface area contributed by atoms with Gasteiger partial charge in [-0.2, -0.15) is 0 Å². The van der Waals surface area contributed by atoms with Gasteiger partial charge in [-0.1, -0.05) is 50.1 Å². The highest BCUT2D eigenvalue weighted by atomic mass is 16.3. The number of aliphatic hydroxyl groups excluding tert-OH is 1. The van der Waals surface area contributed by atoms with E-state index in [9.17, 15) is 9.90 Å². The van der Waals surface area contributed by atoms with Gasteiger partial charge in [-0.15, -0.1) is 0 Å². The van der Waals surface area contributed by atoms with Crippen LogP contribution < -0.4 is 5.32 Å². The highest BCUT2D eigenvalue weighted by Crippen LogP contribution is 2.44. The van der Waals surface area contributed by atoms with Gasteiger partial charge < -0.3 is 10.4 Å². The van der Waals surface area contributed by atoms with Crippen LogP contribution in [0.15, 0.2) is 24.3 Å². The van der Waals surface area contributed by atoms with E-state index in [4.69, 9.17) is 0 Å². The molecule has 1 aromatic carbocycles. The minimum absolute atomic E-state index is 0.0461. The molecule has 0 saturated heterocycles. The summed E-state index contributed by atoms with van der Waals surface area (Å²) in [6.45, 7) is 6.35. The van der Waals surface area contributed by atoms with Crippen molar-refractivity contribution in [3.05, 3.63) is 35.4 Å². The Bertz CT molecular complexity index is 492. The van der Waals surface area contributed by atoms with Crippen LogP contribution in [0.1, 0.15) is 50.7 Å². The Morgan fingerprint density at radius 3 is 2.57 bits per heavy atom. The summed E-state index contributed by atoms with van der Waals surface area (Å²) in [6, 6.07) is 8.35. The monoisotopic (exact) mass is 289 g/mol. The van der Waals surface area contributed by atoms with Gasteiger partial charge in [-0.25, -0.2) is 0 Å². The molecule has 1 aliphatic carbocycles. The van der Waals surface area contributed by atoms with Gasteiger partial charge in [0.05, 0.1) is 5.41 Å². The number of carbonyl (C=O) groups excluding carboxylic acids is 1. The molecule has 3 heteroatoms. The lowest BCUT2D eigenvalue weighted by atomic mass is 9.63. The minimum Gasteiger partial charge on any atom is -0.396 e. The first-order valence-corrected chi connectivity index (χ1v) is 7.98. The number of nitrogens with one attached hydrogen (secondary N) is 1. The zero-order chi connectivity index (χ0) is 15.5. The number of amides is 1. The number of aryl methyl sites for hydroxylation is 1. The maximum Gasteiger partial charge on any atom is 0.230 e. The largest absolute Gasteiger partial charge is 0.396 e. The molecule has 2 rings (SSSR count). The fourth-order valence-corrected chi connectivity index (χ4v) is 3.14. The van der Waals surface area contributed by atoms with E-state index in [1.54, 1.807) is 0 Å². The van der Waals surface area contributed by atoms with E-state index in [0.29, 0.717) is 12.3 Å². The molecule has 1 aliphatic rings. The van der Waals surface area contributed by atoms with Gasteiger partial charge in [0.2, 0.25) is 5.91 Å². The Labute approximate surface area is 127 Å². The van der Waals surface area contributed by atoms with E-state index < -0.39 is 0 Å². The summed E-state index contributed by atoms with van der Waals surface area (Å²) in [6.07, 6.45) is 3.57. The van der Waals surface area contributed by atoms with E-state index in [-0.39, 0.29) is 24.0 Å². The van der Waals surface area contributed by atoms with Gasteiger partial charge in [-0.3, -0.25) is 4.79 Å². The summed E-state index contributed by atoms with van der Waals surface area (Å²) in [4.78, 5) is 12.9. The van der Waals surface area contributed by atoms with Gasteiger partial charge >= 0.3 is 0 Å². The van der Waals surface area contributed by atoms with Crippen molar-refractivity contribution in [1.29, 1.82) is 0 Å². The average molecular weight is 289 g/mol. The highest BCUT2D eigenvalue weighted by Gasteiger charge is 2.46. The van der Waals surface area contributed by atoms with Crippen molar-refractivity contribution in [1.82, 2.24) is 5.32 Å². The molecule has 0 aliphatic heterocycles. The lowest BCUT2D eigenvalue weighted by Crippen LogP contribution is -2.53. The predicted octanol–water partition coefficient (Wildman–Crippen LogP) is 2.94. The molecule has 1 atom stereocenters. The first-order chi connectivity index (χ1) is 9.99. The fraction of sp³-hybridized carbons (Fsp3) is 0.611. The quantitative estimate of drug-likeness (QED) is 0.846. The second kappa shape index (κ2) is 6.61. The molecule has 0 aromatic heterocycles. The number of benzene rings is 1. The first kappa shape index (κ1) is 16.0. The van der Waals surface area contributed by atoms with E-state index >= 15 is 0 Å². The molecule has 116 valence electrons. The van der Waals surface area contributed by atoms with Crippen LogP contribution in [-0.2, 0) is 10.2 Å². The second-order valence-electron chi connectivity index (χ2n) is 6.64. The first-order valence-electron chi connectivity index (χ1n) is 7.98. The third-order valence-corrected chi connectivity index (χ3v) is 4.77. The molecule has 0 heterocycles. The molecule has 1 saturated carbocycles. The Kier molecular flexibility index (Phi) is 5.04. The van der Waals surface area contributed by atoms with Crippen molar-refractivity contribution >= 4 is 5.91 Å². The number of hydrogen-bond acceptors (Lipinski definition) is 2. The standard InChI is InChI=1S/C18H27NO2/c1-13(2)16(8-11-20)19-17(21)18(9-5-10-18)15-7-4-6-14(3)12-15/h4,6-7,12-13,16,20H,5,8-11H2,1-3H3,(H,19,21). The molecular formula is C18H27NO2. The number of rotatable bonds is 6. The summed E-state index contributed by atoms with van der Waals surface area (Å²) in [5.41, 5.74) is 1.98. The van der Waals surface area contributed by atoms with Crippen LogP contribution in [0.2, 0.25) is 0 Å². The SMILES string of the molecule is Cc1cccc(C2(C(=O)NC(CCO)C(C)C)CCC2)c1. The van der Waals surface area contributed by atoms with Crippen molar-refractivity contribution in [2.45, 2.75) is 57.9 Å². The number of aliphatic hydroxyl groups is 1. The summed E-state index contributed by atoms with van der Waals surface area (Å²) < 4.78 is 0. The van der Waals surface area contributed by atoms with Gasteiger partial charge in [-0.05, 0) is 37.7 Å². The van der Waals surface area contributed by atoms with Crippen LogP contribution in [0.3, 0.4) is 0 Å². The molecule has 0 radical (unpaired) electrons. The van der Waals surface area contributed by atoms with Crippen LogP contribution in [0, 0.1) is 12.8 Å². The van der Waals surface area contributed by atoms with Crippen molar-refractivity contribution in [2.24, 2.45) is 5.92 Å². The topological polar surface area (TPSA) is 49.3 Å².